The maximum absolute atomic E-state index is 13.3. The first-order chi connectivity index (χ1) is 16.7. The monoisotopic (exact) mass is 474 g/mol. The van der Waals surface area contributed by atoms with Crippen molar-refractivity contribution in [3.8, 4) is 22.8 Å². The molecule has 1 atom stereocenters. The van der Waals surface area contributed by atoms with Crippen LogP contribution in [0.3, 0.4) is 0 Å². The number of aromatic nitrogens is 1. The van der Waals surface area contributed by atoms with Gasteiger partial charge in [-0.2, -0.15) is 0 Å². The molecule has 0 aliphatic carbocycles. The Labute approximate surface area is 202 Å². The number of ether oxygens (including phenoxy) is 3. The number of hydrogen-bond acceptors (Lipinski definition) is 6. The van der Waals surface area contributed by atoms with Gasteiger partial charge in [-0.1, -0.05) is 30.3 Å². The van der Waals surface area contributed by atoms with Gasteiger partial charge in [-0.25, -0.2) is 4.98 Å². The van der Waals surface area contributed by atoms with Gasteiger partial charge in [0, 0.05) is 17.6 Å². The summed E-state index contributed by atoms with van der Waals surface area (Å²) in [5.41, 5.74) is 1.79. The van der Waals surface area contributed by atoms with Crippen molar-refractivity contribution in [2.24, 2.45) is 0 Å². The summed E-state index contributed by atoms with van der Waals surface area (Å²) in [6.07, 6.45) is 1.96. The van der Waals surface area contributed by atoms with E-state index in [9.17, 15) is 4.79 Å². The number of benzene rings is 3. The van der Waals surface area contributed by atoms with E-state index in [1.807, 2.05) is 66.0 Å². The third-order valence-electron chi connectivity index (χ3n) is 5.90. The van der Waals surface area contributed by atoms with Gasteiger partial charge in [0.1, 0.15) is 11.5 Å². The van der Waals surface area contributed by atoms with Gasteiger partial charge in [0.25, 0.3) is 5.91 Å². The summed E-state index contributed by atoms with van der Waals surface area (Å²) < 4.78 is 16.9. The van der Waals surface area contributed by atoms with Crippen molar-refractivity contribution in [2.45, 2.75) is 18.9 Å². The summed E-state index contributed by atoms with van der Waals surface area (Å²) in [4.78, 5) is 19.8. The molecule has 0 N–H and O–H groups in total. The van der Waals surface area contributed by atoms with E-state index in [1.54, 1.807) is 12.0 Å². The van der Waals surface area contributed by atoms with Crippen LogP contribution >= 0.6 is 11.3 Å². The Morgan fingerprint density at radius 3 is 2.65 bits per heavy atom. The summed E-state index contributed by atoms with van der Waals surface area (Å²) in [5.74, 6) is 1.32. The van der Waals surface area contributed by atoms with Crippen molar-refractivity contribution in [2.75, 3.05) is 31.8 Å². The molecular formula is C27H26N2O4S. The molecule has 0 spiro atoms. The molecule has 3 aromatic carbocycles. The van der Waals surface area contributed by atoms with Gasteiger partial charge >= 0.3 is 0 Å². The van der Waals surface area contributed by atoms with Crippen LogP contribution in [0, 0.1) is 0 Å². The first-order valence-corrected chi connectivity index (χ1v) is 12.2. The average molecular weight is 475 g/mol. The summed E-state index contributed by atoms with van der Waals surface area (Å²) in [7, 11) is 1.64. The minimum absolute atomic E-state index is 0.0120. The van der Waals surface area contributed by atoms with Crippen molar-refractivity contribution in [3.63, 3.8) is 0 Å². The molecule has 0 bridgehead atoms. The van der Waals surface area contributed by atoms with E-state index in [0.717, 1.165) is 47.2 Å². The van der Waals surface area contributed by atoms with E-state index in [1.165, 1.54) is 11.3 Å². The fourth-order valence-corrected chi connectivity index (χ4v) is 4.90. The lowest BCUT2D eigenvalue weighted by Gasteiger charge is -2.23. The fourth-order valence-electron chi connectivity index (χ4n) is 4.04. The summed E-state index contributed by atoms with van der Waals surface area (Å²) in [6, 6.07) is 21.7. The zero-order chi connectivity index (χ0) is 23.3. The molecule has 2 heterocycles. The van der Waals surface area contributed by atoms with Gasteiger partial charge in [0.15, 0.2) is 11.7 Å². The van der Waals surface area contributed by atoms with Crippen LogP contribution in [0.5, 0.6) is 11.5 Å². The highest BCUT2D eigenvalue weighted by Crippen LogP contribution is 2.30. The third-order valence-corrected chi connectivity index (χ3v) is 6.77. The lowest BCUT2D eigenvalue weighted by Crippen LogP contribution is -2.40. The summed E-state index contributed by atoms with van der Waals surface area (Å²) in [5, 5.41) is 4.83. The Morgan fingerprint density at radius 1 is 1.09 bits per heavy atom. The van der Waals surface area contributed by atoms with Crippen molar-refractivity contribution < 1.29 is 19.0 Å². The molecule has 6 nitrogen and oxygen atoms in total. The van der Waals surface area contributed by atoms with Crippen LogP contribution in [0.15, 0.2) is 72.1 Å². The average Bonchev–Trinajstić information content (AvgIpc) is 3.58. The normalized spacial score (nSPS) is 15.4. The van der Waals surface area contributed by atoms with Crippen LogP contribution in [0.25, 0.3) is 22.0 Å². The zero-order valence-corrected chi connectivity index (χ0v) is 19.8. The molecule has 1 saturated heterocycles. The minimum Gasteiger partial charge on any atom is -0.497 e. The summed E-state index contributed by atoms with van der Waals surface area (Å²) >= 11 is 1.45. The van der Waals surface area contributed by atoms with Gasteiger partial charge in [0.2, 0.25) is 0 Å². The number of fused-ring (bicyclic) bond motifs is 1. The Balaban J connectivity index is 1.33. The second-order valence-electron chi connectivity index (χ2n) is 8.18. The van der Waals surface area contributed by atoms with Gasteiger partial charge in [-0.15, -0.1) is 11.3 Å². The first kappa shape index (κ1) is 22.4. The van der Waals surface area contributed by atoms with Gasteiger partial charge in [-0.05, 0) is 60.0 Å². The van der Waals surface area contributed by atoms with Crippen molar-refractivity contribution >= 4 is 33.1 Å². The molecule has 1 aromatic heterocycles. The van der Waals surface area contributed by atoms with Crippen LogP contribution in [-0.4, -0.2) is 43.9 Å². The molecule has 34 heavy (non-hydrogen) atoms. The Hall–Kier alpha value is -3.42. The molecule has 7 heteroatoms. The second-order valence-corrected chi connectivity index (χ2v) is 9.02. The number of methoxy groups -OCH3 is 1. The first-order valence-electron chi connectivity index (χ1n) is 11.3. The topological polar surface area (TPSA) is 60.9 Å². The van der Waals surface area contributed by atoms with E-state index in [-0.39, 0.29) is 18.6 Å². The highest BCUT2D eigenvalue weighted by Gasteiger charge is 2.26. The Kier molecular flexibility index (Phi) is 6.74. The third kappa shape index (κ3) is 5.05. The van der Waals surface area contributed by atoms with E-state index in [0.29, 0.717) is 17.4 Å². The maximum Gasteiger partial charge on any atom is 0.266 e. The van der Waals surface area contributed by atoms with Crippen molar-refractivity contribution in [1.29, 1.82) is 0 Å². The standard InChI is InChI=1S/C27H26N2O4S/c1-31-22-11-9-20(10-12-22)25-18-34-27(28-25)29(16-24-7-4-14-32-24)26(30)17-33-23-13-8-19-5-2-3-6-21(19)15-23/h2-3,5-6,8-13,15,18,24H,4,7,14,16-17H2,1H3/t24-/m1/s1. The van der Waals surface area contributed by atoms with Crippen LogP contribution in [0.4, 0.5) is 5.13 Å². The predicted molar refractivity (Wildman–Crippen MR) is 135 cm³/mol. The fraction of sp³-hybridized carbons (Fsp3) is 0.259. The largest absolute Gasteiger partial charge is 0.497 e. The Bertz CT molecular complexity index is 1270. The zero-order valence-electron chi connectivity index (χ0n) is 19.0. The lowest BCUT2D eigenvalue weighted by atomic mass is 10.1. The highest BCUT2D eigenvalue weighted by molar-refractivity contribution is 7.14. The van der Waals surface area contributed by atoms with E-state index >= 15 is 0 Å². The lowest BCUT2D eigenvalue weighted by molar-refractivity contribution is -0.120. The van der Waals surface area contributed by atoms with Crippen LogP contribution in [-0.2, 0) is 9.53 Å². The second kappa shape index (κ2) is 10.2. The molecule has 1 amide bonds. The molecule has 1 aliphatic heterocycles. The molecule has 0 saturated carbocycles. The molecule has 5 rings (SSSR count). The van der Waals surface area contributed by atoms with Crippen LogP contribution in [0.1, 0.15) is 12.8 Å². The van der Waals surface area contributed by atoms with E-state index in [4.69, 9.17) is 19.2 Å². The molecular weight excluding hydrogens is 448 g/mol. The number of carbonyl (C=O) groups is 1. The molecule has 0 unspecified atom stereocenters. The van der Waals surface area contributed by atoms with Gasteiger partial charge in [0.05, 0.1) is 25.5 Å². The highest BCUT2D eigenvalue weighted by atomic mass is 32.1. The number of hydrogen-bond donors (Lipinski definition) is 0. The molecule has 0 radical (unpaired) electrons. The number of rotatable bonds is 8. The molecule has 1 fully saturated rings. The number of anilines is 1. The Morgan fingerprint density at radius 2 is 1.88 bits per heavy atom. The minimum atomic E-state index is -0.140. The SMILES string of the molecule is COc1ccc(-c2csc(N(C[C@H]3CCCO3)C(=O)COc3ccc4ccccc4c3)n2)cc1. The van der Waals surface area contributed by atoms with Crippen LogP contribution in [0.2, 0.25) is 0 Å². The number of amides is 1. The number of nitrogens with zero attached hydrogens (tertiary/aromatic N) is 2. The van der Waals surface area contributed by atoms with Crippen molar-refractivity contribution in [1.82, 2.24) is 4.98 Å². The number of carbonyl (C=O) groups excluding carboxylic acids is 1. The molecule has 4 aromatic rings. The molecule has 1 aliphatic rings. The van der Waals surface area contributed by atoms with Crippen LogP contribution < -0.4 is 14.4 Å². The van der Waals surface area contributed by atoms with E-state index in [2.05, 4.69) is 6.07 Å². The van der Waals surface area contributed by atoms with Crippen molar-refractivity contribution in [3.05, 3.63) is 72.1 Å². The van der Waals surface area contributed by atoms with Gasteiger partial charge in [-0.3, -0.25) is 9.69 Å². The quantitative estimate of drug-likeness (QED) is 0.334. The number of thiazole rings is 1. The van der Waals surface area contributed by atoms with Gasteiger partial charge < -0.3 is 14.2 Å². The van der Waals surface area contributed by atoms with E-state index < -0.39 is 0 Å². The smallest absolute Gasteiger partial charge is 0.266 e. The summed E-state index contributed by atoms with van der Waals surface area (Å²) in [6.45, 7) is 1.13. The molecule has 174 valence electrons. The predicted octanol–water partition coefficient (Wildman–Crippen LogP) is 5.56. The maximum atomic E-state index is 13.3.